The summed E-state index contributed by atoms with van der Waals surface area (Å²) in [6.45, 7) is 6.50. The van der Waals surface area contributed by atoms with Crippen LogP contribution in [0.5, 0.6) is 5.88 Å². The molecular weight excluding hydrogens is 368 g/mol. The second-order valence-corrected chi connectivity index (χ2v) is 7.68. The van der Waals surface area contributed by atoms with Crippen molar-refractivity contribution in [3.05, 3.63) is 41.9 Å². The number of aromatic nitrogens is 3. The minimum Gasteiger partial charge on any atom is -0.477 e. The van der Waals surface area contributed by atoms with Gasteiger partial charge in [0.25, 0.3) is 0 Å². The Morgan fingerprint density at radius 1 is 1.34 bits per heavy atom. The monoisotopic (exact) mass is 398 g/mol. The van der Waals surface area contributed by atoms with Crippen molar-refractivity contribution in [2.75, 3.05) is 32.8 Å². The van der Waals surface area contributed by atoms with Crippen LogP contribution < -0.4 is 10.1 Å². The molecule has 1 N–H and O–H groups in total. The molecule has 1 unspecified atom stereocenters. The number of morpholine rings is 1. The Hall–Kier alpha value is -2.61. The van der Waals surface area contributed by atoms with Crippen molar-refractivity contribution in [2.45, 2.75) is 32.4 Å². The van der Waals surface area contributed by atoms with Crippen LogP contribution in [0, 0.1) is 5.92 Å². The average Bonchev–Trinajstić information content (AvgIpc) is 3.48. The number of nitrogens with zero attached hydrogens (tertiary/aromatic N) is 5. The van der Waals surface area contributed by atoms with E-state index in [-0.39, 0.29) is 6.10 Å². The van der Waals surface area contributed by atoms with Gasteiger partial charge in [0.15, 0.2) is 5.96 Å². The number of rotatable bonds is 7. The number of ether oxygens (including phenoxy) is 2. The molecule has 1 saturated heterocycles. The van der Waals surface area contributed by atoms with Crippen LogP contribution in [0.25, 0.3) is 0 Å². The fourth-order valence-corrected chi connectivity index (χ4v) is 3.32. The summed E-state index contributed by atoms with van der Waals surface area (Å²) in [5, 5.41) is 7.67. The second-order valence-electron chi connectivity index (χ2n) is 7.68. The van der Waals surface area contributed by atoms with Gasteiger partial charge in [0, 0.05) is 44.2 Å². The zero-order chi connectivity index (χ0) is 20.1. The van der Waals surface area contributed by atoms with Crippen molar-refractivity contribution in [2.24, 2.45) is 18.0 Å². The largest absolute Gasteiger partial charge is 0.477 e. The van der Waals surface area contributed by atoms with Gasteiger partial charge < -0.3 is 19.7 Å². The lowest BCUT2D eigenvalue weighted by Gasteiger charge is -2.34. The van der Waals surface area contributed by atoms with Crippen molar-refractivity contribution >= 4 is 5.96 Å². The SMILES string of the molecule is CCNC(=NCc1ccc(OCC2CC2)nc1)N1CCOC(c2cnn(C)c2)C1. The maximum Gasteiger partial charge on any atom is 0.213 e. The van der Waals surface area contributed by atoms with Gasteiger partial charge >= 0.3 is 0 Å². The molecule has 0 bridgehead atoms. The molecule has 29 heavy (non-hydrogen) atoms. The lowest BCUT2D eigenvalue weighted by Crippen LogP contribution is -2.48. The van der Waals surface area contributed by atoms with Crippen LogP contribution in [0.2, 0.25) is 0 Å². The first-order valence-corrected chi connectivity index (χ1v) is 10.4. The summed E-state index contributed by atoms with van der Waals surface area (Å²) in [5.74, 6) is 2.33. The van der Waals surface area contributed by atoms with E-state index in [1.54, 1.807) is 0 Å². The lowest BCUT2D eigenvalue weighted by atomic mass is 10.1. The molecule has 0 radical (unpaired) electrons. The molecule has 1 saturated carbocycles. The van der Waals surface area contributed by atoms with Crippen molar-refractivity contribution in [1.82, 2.24) is 25.0 Å². The van der Waals surface area contributed by atoms with Crippen molar-refractivity contribution in [3.8, 4) is 5.88 Å². The predicted octanol–water partition coefficient (Wildman–Crippen LogP) is 2.14. The van der Waals surface area contributed by atoms with Gasteiger partial charge in [-0.2, -0.15) is 5.10 Å². The fourth-order valence-electron chi connectivity index (χ4n) is 3.32. The van der Waals surface area contributed by atoms with Gasteiger partial charge in [0.2, 0.25) is 5.88 Å². The number of pyridine rings is 1. The molecule has 1 aliphatic carbocycles. The molecule has 4 rings (SSSR count). The number of aliphatic imine (C=N–C) groups is 1. The summed E-state index contributed by atoms with van der Waals surface area (Å²) in [6, 6.07) is 3.98. The standard InChI is InChI=1S/C21H30N6O2/c1-3-22-21(27-8-9-28-19(14-27)18-12-25-26(2)13-18)24-11-17-6-7-20(23-10-17)29-15-16-4-5-16/h6-7,10,12-13,16,19H,3-5,8-9,11,14-15H2,1-2H3,(H,22,24). The molecule has 156 valence electrons. The summed E-state index contributed by atoms with van der Waals surface area (Å²) in [5.41, 5.74) is 2.16. The van der Waals surface area contributed by atoms with E-state index in [1.807, 2.05) is 42.5 Å². The molecule has 0 aromatic carbocycles. The first-order chi connectivity index (χ1) is 14.2. The quantitative estimate of drug-likeness (QED) is 0.569. The second kappa shape index (κ2) is 9.26. The molecule has 2 aliphatic rings. The summed E-state index contributed by atoms with van der Waals surface area (Å²) in [4.78, 5) is 11.5. The van der Waals surface area contributed by atoms with Crippen molar-refractivity contribution in [3.63, 3.8) is 0 Å². The molecule has 0 spiro atoms. The van der Waals surface area contributed by atoms with Gasteiger partial charge in [-0.15, -0.1) is 0 Å². The van der Waals surface area contributed by atoms with Crippen LogP contribution in [0.4, 0.5) is 0 Å². The summed E-state index contributed by atoms with van der Waals surface area (Å²) >= 11 is 0. The van der Waals surface area contributed by atoms with E-state index in [2.05, 4.69) is 27.2 Å². The number of hydrogen-bond acceptors (Lipinski definition) is 5. The average molecular weight is 399 g/mol. The van der Waals surface area contributed by atoms with Crippen LogP contribution in [0.1, 0.15) is 37.0 Å². The Bertz CT molecular complexity index is 815. The van der Waals surface area contributed by atoms with E-state index < -0.39 is 0 Å². The number of hydrogen-bond donors (Lipinski definition) is 1. The number of nitrogens with one attached hydrogen (secondary N) is 1. The highest BCUT2D eigenvalue weighted by atomic mass is 16.5. The Balaban J connectivity index is 1.37. The zero-order valence-electron chi connectivity index (χ0n) is 17.3. The van der Waals surface area contributed by atoms with Crippen molar-refractivity contribution < 1.29 is 9.47 Å². The van der Waals surface area contributed by atoms with Crippen LogP contribution in [0.3, 0.4) is 0 Å². The Morgan fingerprint density at radius 3 is 2.93 bits per heavy atom. The van der Waals surface area contributed by atoms with E-state index in [9.17, 15) is 0 Å². The van der Waals surface area contributed by atoms with Crippen LogP contribution in [-0.4, -0.2) is 58.5 Å². The predicted molar refractivity (Wildman–Crippen MR) is 111 cm³/mol. The van der Waals surface area contributed by atoms with Gasteiger partial charge in [-0.3, -0.25) is 4.68 Å². The first kappa shape index (κ1) is 19.7. The topological polar surface area (TPSA) is 76.8 Å². The highest BCUT2D eigenvalue weighted by Gasteiger charge is 2.25. The minimum absolute atomic E-state index is 0.00544. The van der Waals surface area contributed by atoms with Gasteiger partial charge in [-0.25, -0.2) is 9.98 Å². The number of guanidine groups is 1. The molecule has 8 nitrogen and oxygen atoms in total. The van der Waals surface area contributed by atoms with Gasteiger partial charge in [-0.05, 0) is 31.2 Å². The third-order valence-corrected chi connectivity index (χ3v) is 5.17. The van der Waals surface area contributed by atoms with Gasteiger partial charge in [0.1, 0.15) is 6.10 Å². The van der Waals surface area contributed by atoms with E-state index >= 15 is 0 Å². The maximum atomic E-state index is 5.95. The molecule has 0 amide bonds. The lowest BCUT2D eigenvalue weighted by molar-refractivity contribution is -0.00805. The smallest absolute Gasteiger partial charge is 0.213 e. The molecule has 1 atom stereocenters. The molecule has 2 fully saturated rings. The third-order valence-electron chi connectivity index (χ3n) is 5.17. The molecule has 2 aromatic heterocycles. The summed E-state index contributed by atoms with van der Waals surface area (Å²) in [6.07, 6.45) is 8.30. The van der Waals surface area contributed by atoms with Crippen molar-refractivity contribution in [1.29, 1.82) is 0 Å². The highest BCUT2D eigenvalue weighted by Crippen LogP contribution is 2.29. The van der Waals surface area contributed by atoms with Gasteiger partial charge in [0.05, 0.1) is 32.5 Å². The molecule has 2 aromatic rings. The Labute approximate surface area is 171 Å². The molecule has 8 heteroatoms. The fraction of sp³-hybridized carbons (Fsp3) is 0.571. The summed E-state index contributed by atoms with van der Waals surface area (Å²) in [7, 11) is 1.92. The van der Waals surface area contributed by atoms with Crippen LogP contribution >= 0.6 is 0 Å². The maximum absolute atomic E-state index is 5.95. The Morgan fingerprint density at radius 2 is 2.24 bits per heavy atom. The first-order valence-electron chi connectivity index (χ1n) is 10.4. The number of aryl methyl sites for hydroxylation is 1. The molecule has 3 heterocycles. The van der Waals surface area contributed by atoms with E-state index in [0.717, 1.165) is 49.2 Å². The Kier molecular flexibility index (Phi) is 6.29. The zero-order valence-corrected chi connectivity index (χ0v) is 17.3. The minimum atomic E-state index is 0.00544. The van der Waals surface area contributed by atoms with Gasteiger partial charge in [-0.1, -0.05) is 6.07 Å². The highest BCUT2D eigenvalue weighted by molar-refractivity contribution is 5.80. The molecular formula is C21H30N6O2. The summed E-state index contributed by atoms with van der Waals surface area (Å²) < 4.78 is 13.5. The van der Waals surface area contributed by atoms with E-state index in [4.69, 9.17) is 14.5 Å². The normalized spacial score (nSPS) is 20.0. The van der Waals surface area contributed by atoms with Crippen LogP contribution in [0.15, 0.2) is 35.7 Å². The third kappa shape index (κ3) is 5.47. The molecule has 1 aliphatic heterocycles. The van der Waals surface area contributed by atoms with Crippen LogP contribution in [-0.2, 0) is 18.3 Å². The van der Waals surface area contributed by atoms with E-state index in [0.29, 0.717) is 19.0 Å². The van der Waals surface area contributed by atoms with E-state index in [1.165, 1.54) is 12.8 Å².